The first kappa shape index (κ1) is 23.7. The van der Waals surface area contributed by atoms with Gasteiger partial charge < -0.3 is 24.7 Å². The van der Waals surface area contributed by atoms with Gasteiger partial charge in [-0.2, -0.15) is 0 Å². The number of anilines is 3. The van der Waals surface area contributed by atoms with Gasteiger partial charge in [0.15, 0.2) is 0 Å². The van der Waals surface area contributed by atoms with Crippen molar-refractivity contribution in [2.24, 2.45) is 0 Å². The minimum atomic E-state index is -0.457. The van der Waals surface area contributed by atoms with E-state index in [2.05, 4.69) is 10.6 Å². The molecule has 0 bridgehead atoms. The molecule has 3 aromatic carbocycles. The van der Waals surface area contributed by atoms with Crippen LogP contribution in [0, 0.1) is 0 Å². The van der Waals surface area contributed by atoms with Crippen LogP contribution in [0.5, 0.6) is 5.75 Å². The van der Waals surface area contributed by atoms with Crippen LogP contribution in [0.25, 0.3) is 22.1 Å². The maximum Gasteiger partial charge on any atom is 0.344 e. The molecule has 0 atom stereocenters. The number of fused-ring (bicyclic) bond motifs is 1. The highest BCUT2D eigenvalue weighted by atomic mass is 35.5. The molecule has 0 aliphatic rings. The summed E-state index contributed by atoms with van der Waals surface area (Å²) in [4.78, 5) is 27.0. The lowest BCUT2D eigenvalue weighted by atomic mass is 10.0. The Morgan fingerprint density at radius 2 is 1.61 bits per heavy atom. The second-order valence-corrected chi connectivity index (χ2v) is 7.42. The van der Waals surface area contributed by atoms with Crippen LogP contribution in [-0.2, 0) is 0 Å². The van der Waals surface area contributed by atoms with Crippen LogP contribution in [0.4, 0.5) is 21.9 Å². The zero-order chi connectivity index (χ0) is 22.7. The topological polar surface area (TPSA) is 83.8 Å². The van der Waals surface area contributed by atoms with Crippen molar-refractivity contribution in [1.82, 2.24) is 0 Å². The lowest BCUT2D eigenvalue weighted by Crippen LogP contribution is -2.19. The Labute approximate surface area is 197 Å². The molecular formula is C25H24ClN3O4. The van der Waals surface area contributed by atoms with Crippen LogP contribution in [0.1, 0.15) is 0 Å². The number of carbonyl (C=O) groups excluding carboxylic acids is 1. The Bertz CT molecular complexity index is 1350. The Balaban J connectivity index is 0.00000306. The zero-order valence-electron chi connectivity index (χ0n) is 18.4. The fourth-order valence-corrected chi connectivity index (χ4v) is 3.40. The lowest BCUT2D eigenvalue weighted by Gasteiger charge is -2.15. The van der Waals surface area contributed by atoms with Gasteiger partial charge in [0.25, 0.3) is 0 Å². The van der Waals surface area contributed by atoms with Crippen LogP contribution < -0.4 is 25.9 Å². The average molecular weight is 466 g/mol. The van der Waals surface area contributed by atoms with E-state index in [4.69, 9.17) is 9.15 Å². The van der Waals surface area contributed by atoms with Gasteiger partial charge in [0.1, 0.15) is 11.3 Å². The number of urea groups is 1. The first-order chi connectivity index (χ1) is 15.4. The molecule has 7 nitrogen and oxygen atoms in total. The third kappa shape index (κ3) is 5.27. The van der Waals surface area contributed by atoms with Gasteiger partial charge in [-0.15, -0.1) is 12.4 Å². The summed E-state index contributed by atoms with van der Waals surface area (Å²) in [5.74, 6) is 0.444. The van der Waals surface area contributed by atoms with E-state index in [0.29, 0.717) is 33.8 Å². The minimum absolute atomic E-state index is 0. The van der Waals surface area contributed by atoms with Crippen LogP contribution >= 0.6 is 12.4 Å². The molecule has 0 unspecified atom stereocenters. The molecule has 4 aromatic rings. The zero-order valence-corrected chi connectivity index (χ0v) is 19.2. The van der Waals surface area contributed by atoms with E-state index in [0.717, 1.165) is 11.1 Å². The number of carbonyl (C=O) groups is 1. The largest absolute Gasteiger partial charge is 0.496 e. The smallest absolute Gasteiger partial charge is 0.344 e. The second kappa shape index (κ2) is 10.1. The van der Waals surface area contributed by atoms with E-state index in [1.807, 2.05) is 61.5 Å². The Morgan fingerprint density at radius 1 is 0.879 bits per heavy atom. The summed E-state index contributed by atoms with van der Waals surface area (Å²) in [7, 11) is 5.38. The number of rotatable bonds is 5. The molecule has 1 aromatic heterocycles. The molecule has 2 amide bonds. The molecule has 170 valence electrons. The summed E-state index contributed by atoms with van der Waals surface area (Å²) in [6.45, 7) is 0. The Kier molecular flexibility index (Phi) is 7.25. The van der Waals surface area contributed by atoms with Gasteiger partial charge in [-0.25, -0.2) is 9.59 Å². The van der Waals surface area contributed by atoms with Gasteiger partial charge in [-0.3, -0.25) is 0 Å². The summed E-state index contributed by atoms with van der Waals surface area (Å²) in [6, 6.07) is 21.3. The fourth-order valence-electron chi connectivity index (χ4n) is 3.40. The predicted octanol–water partition coefficient (Wildman–Crippen LogP) is 5.60. The van der Waals surface area contributed by atoms with Crippen LogP contribution in [-0.4, -0.2) is 27.2 Å². The van der Waals surface area contributed by atoms with Crippen LogP contribution in [0.15, 0.2) is 82.0 Å². The number of nitrogens with one attached hydrogen (secondary N) is 2. The monoisotopic (exact) mass is 465 g/mol. The Hall–Kier alpha value is -3.97. The van der Waals surface area contributed by atoms with Gasteiger partial charge in [0, 0.05) is 48.2 Å². The third-order valence-corrected chi connectivity index (χ3v) is 5.01. The molecule has 0 radical (unpaired) electrons. The molecule has 0 spiro atoms. The van der Waals surface area contributed by atoms with E-state index >= 15 is 0 Å². The van der Waals surface area contributed by atoms with Crippen molar-refractivity contribution in [2.75, 3.05) is 36.7 Å². The van der Waals surface area contributed by atoms with Gasteiger partial charge in [0.05, 0.1) is 12.7 Å². The summed E-state index contributed by atoms with van der Waals surface area (Å²) in [6.07, 6.45) is 0. The standard InChI is InChI=1S/C25H23N3O4.ClH/c1-28(2)19-9-6-8-17(14-19)26-25(30)27-18-11-12-20(23(15-18)31-3)21-13-16-7-4-5-10-22(16)32-24(21)29;/h4-15H,1-3H3,(H2,26,27,30);1H. The van der Waals surface area contributed by atoms with Crippen molar-refractivity contribution in [3.8, 4) is 16.9 Å². The lowest BCUT2D eigenvalue weighted by molar-refractivity contribution is 0.262. The number of ether oxygens (including phenoxy) is 1. The fraction of sp³-hybridized carbons (Fsp3) is 0.120. The molecule has 0 aliphatic heterocycles. The SMILES string of the molecule is COc1cc(NC(=O)Nc2cccc(N(C)C)c2)ccc1-c1cc2ccccc2oc1=O.Cl. The van der Waals surface area contributed by atoms with Gasteiger partial charge in [-0.05, 0) is 42.5 Å². The number of hydrogen-bond acceptors (Lipinski definition) is 5. The minimum Gasteiger partial charge on any atom is -0.496 e. The first-order valence-electron chi connectivity index (χ1n) is 10.0. The van der Waals surface area contributed by atoms with Crippen molar-refractivity contribution in [1.29, 1.82) is 0 Å². The number of hydrogen-bond donors (Lipinski definition) is 2. The van der Waals surface area contributed by atoms with Crippen molar-refractivity contribution in [3.63, 3.8) is 0 Å². The summed E-state index contributed by atoms with van der Waals surface area (Å²) in [5, 5.41) is 6.42. The molecule has 0 fully saturated rings. The van der Waals surface area contributed by atoms with Crippen molar-refractivity contribution in [3.05, 3.63) is 83.2 Å². The molecule has 0 saturated heterocycles. The van der Waals surface area contributed by atoms with E-state index < -0.39 is 5.63 Å². The van der Waals surface area contributed by atoms with Gasteiger partial charge in [0.2, 0.25) is 0 Å². The normalized spacial score (nSPS) is 10.3. The number of methoxy groups -OCH3 is 1. The molecular weight excluding hydrogens is 442 g/mol. The van der Waals surface area contributed by atoms with E-state index in [-0.39, 0.29) is 18.4 Å². The molecule has 4 rings (SSSR count). The number of para-hydroxylation sites is 1. The third-order valence-electron chi connectivity index (χ3n) is 5.01. The molecule has 33 heavy (non-hydrogen) atoms. The van der Waals surface area contributed by atoms with Crippen molar-refractivity contribution >= 4 is 46.5 Å². The second-order valence-electron chi connectivity index (χ2n) is 7.42. The number of amides is 2. The van der Waals surface area contributed by atoms with Crippen LogP contribution in [0.3, 0.4) is 0 Å². The van der Waals surface area contributed by atoms with E-state index in [1.54, 1.807) is 30.3 Å². The molecule has 0 saturated carbocycles. The highest BCUT2D eigenvalue weighted by molar-refractivity contribution is 6.00. The molecule has 0 aliphatic carbocycles. The summed E-state index contributed by atoms with van der Waals surface area (Å²) in [5.41, 5.74) is 3.20. The Morgan fingerprint density at radius 3 is 2.33 bits per heavy atom. The first-order valence-corrected chi connectivity index (χ1v) is 10.0. The maximum absolute atomic E-state index is 12.5. The van der Waals surface area contributed by atoms with E-state index in [9.17, 15) is 9.59 Å². The van der Waals surface area contributed by atoms with Crippen LogP contribution in [0.2, 0.25) is 0 Å². The molecule has 1 heterocycles. The van der Waals surface area contributed by atoms with Gasteiger partial charge >= 0.3 is 11.7 Å². The number of benzene rings is 3. The average Bonchev–Trinajstić information content (AvgIpc) is 2.78. The molecule has 8 heteroatoms. The quantitative estimate of drug-likeness (QED) is 0.375. The number of nitrogens with zero attached hydrogens (tertiary/aromatic N) is 1. The summed E-state index contributed by atoms with van der Waals surface area (Å²) < 4.78 is 10.9. The van der Waals surface area contributed by atoms with Crippen molar-refractivity contribution < 1.29 is 13.9 Å². The van der Waals surface area contributed by atoms with Gasteiger partial charge in [-0.1, -0.05) is 24.3 Å². The maximum atomic E-state index is 12.5. The summed E-state index contributed by atoms with van der Waals surface area (Å²) >= 11 is 0. The van der Waals surface area contributed by atoms with Crippen molar-refractivity contribution in [2.45, 2.75) is 0 Å². The van der Waals surface area contributed by atoms with E-state index in [1.165, 1.54) is 7.11 Å². The number of halogens is 1. The molecule has 2 N–H and O–H groups in total. The highest BCUT2D eigenvalue weighted by Crippen LogP contribution is 2.32. The predicted molar refractivity (Wildman–Crippen MR) is 135 cm³/mol. The highest BCUT2D eigenvalue weighted by Gasteiger charge is 2.14.